The van der Waals surface area contributed by atoms with E-state index in [1.807, 2.05) is 0 Å². The van der Waals surface area contributed by atoms with Crippen LogP contribution in [0.1, 0.15) is 0 Å². The minimum atomic E-state index is -1.75. The molecule has 0 bridgehead atoms. The molecule has 0 rings (SSSR count). The molecular formula is H20CeN8O24. The van der Waals surface area contributed by atoms with E-state index < -0.39 is 30.5 Å². The Hall–Kier alpha value is -3.74. The summed E-state index contributed by atoms with van der Waals surface area (Å²) in [5, 5.41) is 88.5. The van der Waals surface area contributed by atoms with Crippen LogP contribution in [0.25, 0.3) is 0 Å². The van der Waals surface area contributed by atoms with E-state index in [-0.39, 0.29) is 86.9 Å². The van der Waals surface area contributed by atoms with Crippen LogP contribution in [0.3, 0.4) is 0 Å². The van der Waals surface area contributed by atoms with Gasteiger partial charge in [-0.15, -0.1) is 0 Å². The summed E-state index contributed by atoms with van der Waals surface area (Å²) in [7, 11) is 0. The summed E-state index contributed by atoms with van der Waals surface area (Å²) in [5.74, 6) is 0. The molecule has 208 valence electrons. The van der Waals surface area contributed by atoms with Gasteiger partial charge in [-0.2, -0.15) is 0 Å². The van der Waals surface area contributed by atoms with Crippen molar-refractivity contribution < 1.29 is 105 Å². The van der Waals surface area contributed by atoms with Crippen molar-refractivity contribution in [3.63, 3.8) is 0 Å². The Balaban J connectivity index is -0.00000000859. The number of nitrogens with zero attached hydrogens (tertiary/aromatic N) is 6. The second-order valence-electron chi connectivity index (χ2n) is 1.34. The quantitative estimate of drug-likeness (QED) is 0.181. The molecule has 0 fully saturated rings. The molecule has 0 spiro atoms. The molecule has 0 saturated heterocycles. The first-order valence-corrected chi connectivity index (χ1v) is 3.29. The molecular weight excluding hydrogens is 636 g/mol. The average Bonchev–Trinajstić information content (AvgIpc) is 2.08. The van der Waals surface area contributed by atoms with Crippen molar-refractivity contribution in [3.8, 4) is 0 Å². The molecule has 33 heavy (non-hydrogen) atoms. The minimum Gasteiger partial charge on any atom is -0.412 e. The second kappa shape index (κ2) is 103. The van der Waals surface area contributed by atoms with E-state index in [0.717, 1.165) is 0 Å². The molecule has 0 aromatic rings. The molecule has 33 heteroatoms. The van der Waals surface area contributed by atoms with Gasteiger partial charge in [0.05, 0.1) is 30.5 Å². The van der Waals surface area contributed by atoms with E-state index in [0.29, 0.717) is 0 Å². The molecule has 20 N–H and O–H groups in total. The predicted octanol–water partition coefficient (Wildman–Crippen LogP) is -5.63. The van der Waals surface area contributed by atoms with Crippen molar-refractivity contribution in [2.75, 3.05) is 0 Å². The first-order valence-electron chi connectivity index (χ1n) is 3.29. The van der Waals surface area contributed by atoms with Crippen LogP contribution in [0, 0.1) is 134 Å². The molecule has 0 saturated carbocycles. The Morgan fingerprint density at radius 1 is 0.273 bits per heavy atom. The number of rotatable bonds is 0. The van der Waals surface area contributed by atoms with Gasteiger partial charge in [0.2, 0.25) is 0 Å². The number of hydrogen-bond acceptors (Lipinski definition) is 18. The molecule has 32 nitrogen and oxygen atoms in total. The fourth-order valence-electron chi connectivity index (χ4n) is 0. The van der Waals surface area contributed by atoms with Crippen LogP contribution in [-0.2, 0) is 0 Å². The summed E-state index contributed by atoms with van der Waals surface area (Å²) < 4.78 is 0. The summed E-state index contributed by atoms with van der Waals surface area (Å²) in [6, 6.07) is 0. The van der Waals surface area contributed by atoms with Crippen molar-refractivity contribution in [3.05, 3.63) is 91.9 Å². The zero-order valence-corrected chi connectivity index (χ0v) is 18.7. The van der Waals surface area contributed by atoms with Gasteiger partial charge in [-0.25, -0.2) is 0 Å². The molecule has 0 heterocycles. The summed E-state index contributed by atoms with van der Waals surface area (Å²) in [6.07, 6.45) is 0. The first-order chi connectivity index (χ1) is 10.4. The van der Waals surface area contributed by atoms with E-state index in [1.54, 1.807) is 0 Å². The Morgan fingerprint density at radius 3 is 0.273 bits per heavy atom. The number of hydrogen-bond donors (Lipinski definition) is 2. The maximum Gasteiger partial charge on any atom is 4.00 e. The third kappa shape index (κ3) is 1390. The van der Waals surface area contributed by atoms with E-state index in [2.05, 4.69) is 0 Å². The third-order valence-electron chi connectivity index (χ3n) is 0. The van der Waals surface area contributed by atoms with Crippen LogP contribution < -0.4 is 12.3 Å². The molecule has 0 atom stereocenters. The average molecular weight is 656 g/mol. The molecule has 0 aliphatic rings. The van der Waals surface area contributed by atoms with Crippen LogP contribution in [0.2, 0.25) is 0 Å². The van der Waals surface area contributed by atoms with Gasteiger partial charge < -0.3 is 137 Å². The van der Waals surface area contributed by atoms with Gasteiger partial charge >= 0.3 is 41.7 Å². The Bertz CT molecular complexity index is 264. The van der Waals surface area contributed by atoms with Gasteiger partial charge in [0.15, 0.2) is 0 Å². The normalized spacial score (nSPS) is 4.36. The van der Waals surface area contributed by atoms with Gasteiger partial charge in [0.25, 0.3) is 0 Å². The SMILES string of the molecule is O.O.O.O.O.O.O=[N+]([O-])[O-].O=[N+]([O-])[O-].O=[N+]([O-])[O-].O=[N+]([O-])[O-].O=[N+]([O-])[O-].O=[N+]([O-])[O-].[Ce+4].[NH4+].[NH4+]. The standard InChI is InChI=1S/Ce.6NO3.2H3N.6H2O/c;6*2-1(3)4;;;;;;;;/h;;;;;;;2*1H3;6*1H2/q+4;6*-1;;;;;;;;/p+2. The third-order valence-corrected chi connectivity index (χ3v) is 0. The molecule has 0 aromatic heterocycles. The van der Waals surface area contributed by atoms with E-state index in [9.17, 15) is 0 Å². The van der Waals surface area contributed by atoms with E-state index >= 15 is 0 Å². The van der Waals surface area contributed by atoms with Crippen molar-refractivity contribution >= 4 is 0 Å². The topological polar surface area (TPSA) is 659 Å². The van der Waals surface area contributed by atoms with Crippen molar-refractivity contribution in [2.45, 2.75) is 0 Å². The van der Waals surface area contributed by atoms with Crippen molar-refractivity contribution in [2.24, 2.45) is 0 Å². The van der Waals surface area contributed by atoms with Gasteiger partial charge in [-0.3, -0.25) is 0 Å². The smallest absolute Gasteiger partial charge is 0.412 e. The maximum atomic E-state index is 8.25. The summed E-state index contributed by atoms with van der Waals surface area (Å²) in [6.45, 7) is 0. The van der Waals surface area contributed by atoms with Crippen LogP contribution in [0.4, 0.5) is 0 Å². The Labute approximate surface area is 209 Å². The van der Waals surface area contributed by atoms with Gasteiger partial charge in [-0.05, 0) is 0 Å². The van der Waals surface area contributed by atoms with E-state index in [4.69, 9.17) is 91.9 Å². The monoisotopic (exact) mass is 656 g/mol. The van der Waals surface area contributed by atoms with Crippen molar-refractivity contribution in [1.82, 2.24) is 12.3 Å². The van der Waals surface area contributed by atoms with Gasteiger partial charge in [0, 0.05) is 0 Å². The van der Waals surface area contributed by atoms with Crippen LogP contribution in [0.15, 0.2) is 0 Å². The summed E-state index contributed by atoms with van der Waals surface area (Å²) in [5.41, 5.74) is 0. The predicted molar refractivity (Wildman–Crippen MR) is 95.8 cm³/mol. The van der Waals surface area contributed by atoms with Gasteiger partial charge in [-0.1, -0.05) is 0 Å². The summed E-state index contributed by atoms with van der Waals surface area (Å²) >= 11 is 0. The molecule has 0 radical (unpaired) electrons. The molecule has 0 aliphatic carbocycles. The van der Waals surface area contributed by atoms with Crippen LogP contribution in [0.5, 0.6) is 0 Å². The zero-order valence-electron chi connectivity index (χ0n) is 15.5. The first kappa shape index (κ1) is 115. The molecule has 0 amide bonds. The van der Waals surface area contributed by atoms with Crippen LogP contribution in [-0.4, -0.2) is 63.4 Å². The maximum absolute atomic E-state index is 8.25. The Kier molecular flexibility index (Phi) is 360. The van der Waals surface area contributed by atoms with E-state index in [1.165, 1.54) is 0 Å². The zero-order chi connectivity index (χ0) is 21.5. The Morgan fingerprint density at radius 2 is 0.273 bits per heavy atom. The molecule has 0 aliphatic heterocycles. The molecule has 0 aromatic carbocycles. The molecule has 0 unspecified atom stereocenters. The largest absolute Gasteiger partial charge is 4.00 e. The van der Waals surface area contributed by atoms with Crippen LogP contribution >= 0.6 is 0 Å². The van der Waals surface area contributed by atoms with Crippen molar-refractivity contribution in [1.29, 1.82) is 0 Å². The fourth-order valence-corrected chi connectivity index (χ4v) is 0. The fraction of sp³-hybridized carbons (Fsp3) is 0. The second-order valence-corrected chi connectivity index (χ2v) is 1.34. The van der Waals surface area contributed by atoms with Gasteiger partial charge in [0.1, 0.15) is 0 Å². The number of quaternary nitrogens is 2. The minimum absolute atomic E-state index is 0. The summed E-state index contributed by atoms with van der Waals surface area (Å²) in [4.78, 5) is 49.5.